The minimum Gasteiger partial charge on any atom is -0.289 e. The fourth-order valence-corrected chi connectivity index (χ4v) is 3.70. The Kier molecular flexibility index (Phi) is 5.61. The van der Waals surface area contributed by atoms with Crippen molar-refractivity contribution in [3.8, 4) is 5.69 Å². The first-order chi connectivity index (χ1) is 13.5. The molecule has 0 spiro atoms. The molecule has 152 valence electrons. The summed E-state index contributed by atoms with van der Waals surface area (Å²) in [6.45, 7) is 0. The Morgan fingerprint density at radius 2 is 1.72 bits per heavy atom. The van der Waals surface area contributed by atoms with E-state index in [0.29, 0.717) is 5.02 Å². The maximum absolute atomic E-state index is 12.9. The SMILES string of the molecule is O=C(NS(=O)(=O)c1ccc(Cl)cc1)c1ncn(-c2cccc(C(F)(F)F)c2)c1Cl. The first-order valence-electron chi connectivity index (χ1n) is 7.72. The van der Waals surface area contributed by atoms with E-state index < -0.39 is 33.4 Å². The van der Waals surface area contributed by atoms with Crippen LogP contribution in [0.3, 0.4) is 0 Å². The molecule has 0 saturated carbocycles. The van der Waals surface area contributed by atoms with Crippen LogP contribution in [-0.2, 0) is 16.2 Å². The fraction of sp³-hybridized carbons (Fsp3) is 0.0588. The van der Waals surface area contributed by atoms with Gasteiger partial charge in [0, 0.05) is 10.7 Å². The van der Waals surface area contributed by atoms with Gasteiger partial charge in [0.15, 0.2) is 5.69 Å². The number of nitrogens with one attached hydrogen (secondary N) is 1. The lowest BCUT2D eigenvalue weighted by molar-refractivity contribution is -0.137. The number of alkyl halides is 3. The number of carbonyl (C=O) groups is 1. The third-order valence-electron chi connectivity index (χ3n) is 3.73. The van der Waals surface area contributed by atoms with E-state index in [9.17, 15) is 26.4 Å². The largest absolute Gasteiger partial charge is 0.416 e. The zero-order valence-corrected chi connectivity index (χ0v) is 16.4. The van der Waals surface area contributed by atoms with Crippen molar-refractivity contribution in [2.24, 2.45) is 0 Å². The molecule has 0 bridgehead atoms. The third kappa shape index (κ3) is 4.55. The van der Waals surface area contributed by atoms with Crippen LogP contribution in [0.25, 0.3) is 5.69 Å². The molecule has 0 aliphatic heterocycles. The lowest BCUT2D eigenvalue weighted by Gasteiger charge is -2.10. The molecule has 1 aromatic heterocycles. The zero-order chi connectivity index (χ0) is 21.4. The van der Waals surface area contributed by atoms with E-state index in [1.54, 1.807) is 4.72 Å². The minimum absolute atomic E-state index is 0.00284. The Hall–Kier alpha value is -2.56. The van der Waals surface area contributed by atoms with Crippen LogP contribution in [0.5, 0.6) is 0 Å². The van der Waals surface area contributed by atoms with Crippen LogP contribution in [0.2, 0.25) is 10.2 Å². The molecular formula is C17H10Cl2F3N3O3S. The molecule has 0 aliphatic rings. The van der Waals surface area contributed by atoms with Gasteiger partial charge >= 0.3 is 6.18 Å². The summed E-state index contributed by atoms with van der Waals surface area (Å²) < 4.78 is 66.1. The molecule has 3 aromatic rings. The van der Waals surface area contributed by atoms with Gasteiger partial charge in [0.2, 0.25) is 0 Å². The lowest BCUT2D eigenvalue weighted by atomic mass is 10.2. The standard InChI is InChI=1S/C17H10Cl2F3N3O3S/c18-11-4-6-13(7-5-11)29(27,28)24-16(26)14-15(19)25(9-23-14)12-3-1-2-10(8-12)17(20,21)22/h1-9H,(H,24,26). The molecule has 3 rings (SSSR count). The highest BCUT2D eigenvalue weighted by Crippen LogP contribution is 2.31. The normalized spacial score (nSPS) is 12.0. The molecular weight excluding hydrogens is 454 g/mol. The molecule has 1 heterocycles. The van der Waals surface area contributed by atoms with Gasteiger partial charge in [-0.05, 0) is 42.5 Å². The quantitative estimate of drug-likeness (QED) is 0.624. The average molecular weight is 464 g/mol. The number of aromatic nitrogens is 2. The molecule has 2 aromatic carbocycles. The zero-order valence-electron chi connectivity index (χ0n) is 14.1. The number of carbonyl (C=O) groups excluding carboxylic acids is 1. The molecule has 0 atom stereocenters. The first-order valence-corrected chi connectivity index (χ1v) is 9.96. The average Bonchev–Trinajstić information content (AvgIpc) is 3.03. The lowest BCUT2D eigenvalue weighted by Crippen LogP contribution is -2.31. The summed E-state index contributed by atoms with van der Waals surface area (Å²) in [6.07, 6.45) is -3.56. The van der Waals surface area contributed by atoms with Gasteiger partial charge in [0.1, 0.15) is 11.5 Å². The van der Waals surface area contributed by atoms with Gasteiger partial charge in [-0.2, -0.15) is 13.2 Å². The highest BCUT2D eigenvalue weighted by atomic mass is 35.5. The number of sulfonamides is 1. The molecule has 29 heavy (non-hydrogen) atoms. The number of halogens is 5. The van der Waals surface area contributed by atoms with Gasteiger partial charge in [-0.1, -0.05) is 29.3 Å². The topological polar surface area (TPSA) is 81.1 Å². The number of hydrogen-bond donors (Lipinski definition) is 1. The van der Waals surface area contributed by atoms with Gasteiger partial charge in [0.05, 0.1) is 10.5 Å². The van der Waals surface area contributed by atoms with Crippen LogP contribution in [0.4, 0.5) is 13.2 Å². The van der Waals surface area contributed by atoms with E-state index in [1.165, 1.54) is 36.4 Å². The maximum Gasteiger partial charge on any atom is 0.416 e. The van der Waals surface area contributed by atoms with Gasteiger partial charge in [-0.15, -0.1) is 0 Å². The number of rotatable bonds is 4. The van der Waals surface area contributed by atoms with Crippen LogP contribution >= 0.6 is 23.2 Å². The predicted molar refractivity (Wildman–Crippen MR) is 99.7 cm³/mol. The molecule has 6 nitrogen and oxygen atoms in total. The molecule has 0 radical (unpaired) electrons. The summed E-state index contributed by atoms with van der Waals surface area (Å²) in [7, 11) is -4.24. The van der Waals surface area contributed by atoms with Crippen molar-refractivity contribution in [1.29, 1.82) is 0 Å². The van der Waals surface area contributed by atoms with Crippen LogP contribution in [0.1, 0.15) is 16.1 Å². The summed E-state index contributed by atoms with van der Waals surface area (Å²) >= 11 is 11.8. The van der Waals surface area contributed by atoms with Crippen molar-refractivity contribution >= 4 is 39.1 Å². The number of imidazole rings is 1. The van der Waals surface area contributed by atoms with Crippen LogP contribution in [0.15, 0.2) is 59.8 Å². The van der Waals surface area contributed by atoms with Crippen molar-refractivity contribution in [2.45, 2.75) is 11.1 Å². The smallest absolute Gasteiger partial charge is 0.289 e. The van der Waals surface area contributed by atoms with E-state index in [2.05, 4.69) is 4.98 Å². The predicted octanol–water partition coefficient (Wildman–Crippen LogP) is 4.32. The van der Waals surface area contributed by atoms with Crippen LogP contribution in [-0.4, -0.2) is 23.9 Å². The fourth-order valence-electron chi connectivity index (χ4n) is 2.34. The number of hydrogen-bond acceptors (Lipinski definition) is 4. The highest BCUT2D eigenvalue weighted by Gasteiger charge is 2.31. The van der Waals surface area contributed by atoms with Gasteiger partial charge < -0.3 is 0 Å². The van der Waals surface area contributed by atoms with Gasteiger partial charge in [-0.3, -0.25) is 9.36 Å². The molecule has 0 aliphatic carbocycles. The second kappa shape index (κ2) is 7.69. The van der Waals surface area contributed by atoms with E-state index in [-0.39, 0.29) is 15.7 Å². The Bertz CT molecular complexity index is 1180. The van der Waals surface area contributed by atoms with Crippen LogP contribution in [0, 0.1) is 0 Å². The number of nitrogens with zero attached hydrogens (tertiary/aromatic N) is 2. The van der Waals surface area contributed by atoms with Crippen molar-refractivity contribution in [2.75, 3.05) is 0 Å². The summed E-state index contributed by atoms with van der Waals surface area (Å²) in [5, 5.41) is -0.0497. The van der Waals surface area contributed by atoms with Crippen molar-refractivity contribution in [3.05, 3.63) is 76.3 Å². The van der Waals surface area contributed by atoms with E-state index in [0.717, 1.165) is 23.0 Å². The van der Waals surface area contributed by atoms with Crippen molar-refractivity contribution < 1.29 is 26.4 Å². The van der Waals surface area contributed by atoms with Gasteiger partial charge in [0.25, 0.3) is 15.9 Å². The van der Waals surface area contributed by atoms with Crippen molar-refractivity contribution in [3.63, 3.8) is 0 Å². The Labute approximate surface area is 172 Å². The van der Waals surface area contributed by atoms with E-state index in [4.69, 9.17) is 23.2 Å². The third-order valence-corrected chi connectivity index (χ3v) is 5.69. The second-order valence-electron chi connectivity index (χ2n) is 5.69. The van der Waals surface area contributed by atoms with Crippen molar-refractivity contribution in [1.82, 2.24) is 14.3 Å². The van der Waals surface area contributed by atoms with Crippen LogP contribution < -0.4 is 4.72 Å². The molecule has 0 unspecified atom stereocenters. The Balaban J connectivity index is 1.89. The monoisotopic (exact) mass is 463 g/mol. The summed E-state index contributed by atoms with van der Waals surface area (Å²) in [6, 6.07) is 9.24. The molecule has 12 heteroatoms. The van der Waals surface area contributed by atoms with Gasteiger partial charge in [-0.25, -0.2) is 18.1 Å². The molecule has 0 fully saturated rings. The summed E-state index contributed by atoms with van der Waals surface area (Å²) in [4.78, 5) is 15.8. The van der Waals surface area contributed by atoms with E-state index in [1.807, 2.05) is 0 Å². The first kappa shape index (κ1) is 21.2. The molecule has 1 N–H and O–H groups in total. The summed E-state index contributed by atoms with van der Waals surface area (Å²) in [5.74, 6) is -1.14. The Morgan fingerprint density at radius 3 is 2.34 bits per heavy atom. The number of benzene rings is 2. The second-order valence-corrected chi connectivity index (χ2v) is 8.17. The number of amides is 1. The molecule has 0 saturated heterocycles. The summed E-state index contributed by atoms with van der Waals surface area (Å²) in [5.41, 5.74) is -1.39. The molecule has 1 amide bonds. The minimum atomic E-state index is -4.57. The van der Waals surface area contributed by atoms with E-state index >= 15 is 0 Å². The Morgan fingerprint density at radius 1 is 1.07 bits per heavy atom. The highest BCUT2D eigenvalue weighted by molar-refractivity contribution is 7.90. The maximum atomic E-state index is 12.9.